The maximum Gasteiger partial charge on any atom is 1.00 e. The molecule has 9 nitrogen and oxygen atoms in total. The molecule has 0 bridgehead atoms. The molecule has 0 aliphatic heterocycles. The number of amides is 2. The Morgan fingerprint density at radius 1 is 0.935 bits per heavy atom. The molecular weight excluding hydrogens is 425 g/mol. The van der Waals surface area contributed by atoms with Crippen LogP contribution in [-0.2, 0) is 25.6 Å². The van der Waals surface area contributed by atoms with Crippen LogP contribution in [0.25, 0.3) is 5.73 Å². The molecule has 4 N–H and O–H groups in total. The van der Waals surface area contributed by atoms with Crippen molar-refractivity contribution in [3.8, 4) is 0 Å². The summed E-state index contributed by atoms with van der Waals surface area (Å²) in [4.78, 5) is 46.6. The first-order valence-electron chi connectivity index (χ1n) is 9.73. The SMILES string of the molecule is CC(=O)CCCN(C)C.CNCC(=O)Nc1cc(CC(C)=O)cc(NC(=O)C[NH-])c1.[K+]. The van der Waals surface area contributed by atoms with E-state index in [2.05, 4.69) is 20.9 Å². The van der Waals surface area contributed by atoms with Gasteiger partial charge in [0, 0.05) is 24.2 Å². The zero-order valence-electron chi connectivity index (χ0n) is 19.6. The van der Waals surface area contributed by atoms with Crippen LogP contribution in [0.4, 0.5) is 11.4 Å². The molecule has 0 aromatic heterocycles. The summed E-state index contributed by atoms with van der Waals surface area (Å²) in [5.74, 6) is -0.416. The molecule has 1 aromatic rings. The van der Waals surface area contributed by atoms with Gasteiger partial charge in [-0.05, 0) is 71.7 Å². The standard InChI is InChI=1S/C14H19N4O3.C7H15NO.K/c1-9(19)3-10-4-11(17-13(20)7-15)6-12(5-10)18-14(21)8-16-2;1-7(9)5-4-6-8(2)3;/h4-6,15-16H,3,7-8H2,1-2H3,(H,17,20)(H,18,21);4-6H2,1-3H3;/q-1;;+1. The minimum Gasteiger partial charge on any atom is -0.670 e. The quantitative estimate of drug-likeness (QED) is 0.360. The first-order chi connectivity index (χ1) is 14.1. The molecule has 168 valence electrons. The van der Waals surface area contributed by atoms with Crippen molar-refractivity contribution < 1.29 is 70.6 Å². The van der Waals surface area contributed by atoms with Gasteiger partial charge in [0.15, 0.2) is 0 Å². The average molecular weight is 460 g/mol. The van der Waals surface area contributed by atoms with Gasteiger partial charge in [-0.2, -0.15) is 0 Å². The third-order valence-corrected chi connectivity index (χ3v) is 3.65. The van der Waals surface area contributed by atoms with Gasteiger partial charge in [-0.3, -0.25) is 14.4 Å². The predicted molar refractivity (Wildman–Crippen MR) is 120 cm³/mol. The van der Waals surface area contributed by atoms with Crippen molar-refractivity contribution >= 4 is 34.8 Å². The molecule has 0 atom stereocenters. The van der Waals surface area contributed by atoms with Gasteiger partial charge in [0.05, 0.1) is 6.54 Å². The van der Waals surface area contributed by atoms with Crippen molar-refractivity contribution in [3.63, 3.8) is 0 Å². The Morgan fingerprint density at radius 2 is 1.48 bits per heavy atom. The molecule has 0 radical (unpaired) electrons. The van der Waals surface area contributed by atoms with Crippen molar-refractivity contribution in [1.82, 2.24) is 10.2 Å². The number of nitrogens with zero attached hydrogens (tertiary/aromatic N) is 1. The van der Waals surface area contributed by atoms with E-state index >= 15 is 0 Å². The van der Waals surface area contributed by atoms with Gasteiger partial charge < -0.3 is 31.4 Å². The van der Waals surface area contributed by atoms with Gasteiger partial charge in [0.1, 0.15) is 11.6 Å². The van der Waals surface area contributed by atoms with Gasteiger partial charge >= 0.3 is 51.4 Å². The summed E-state index contributed by atoms with van der Waals surface area (Å²) in [6.07, 6.45) is 1.92. The molecule has 0 fully saturated rings. The van der Waals surface area contributed by atoms with Crippen LogP contribution in [-0.4, -0.2) is 69.1 Å². The summed E-state index contributed by atoms with van der Waals surface area (Å²) in [7, 11) is 5.69. The van der Waals surface area contributed by atoms with Crippen molar-refractivity contribution in [3.05, 3.63) is 29.5 Å². The first kappa shape index (κ1) is 32.2. The fourth-order valence-corrected chi connectivity index (χ4v) is 2.44. The van der Waals surface area contributed by atoms with Crippen LogP contribution in [0.2, 0.25) is 0 Å². The number of nitrogens with one attached hydrogen (secondary N) is 4. The Morgan fingerprint density at radius 3 is 1.90 bits per heavy atom. The van der Waals surface area contributed by atoms with E-state index < -0.39 is 12.5 Å². The minimum atomic E-state index is -0.456. The van der Waals surface area contributed by atoms with E-state index in [4.69, 9.17) is 5.73 Å². The van der Waals surface area contributed by atoms with Crippen molar-refractivity contribution in [2.45, 2.75) is 33.1 Å². The molecule has 0 unspecified atom stereocenters. The number of anilines is 2. The van der Waals surface area contributed by atoms with Gasteiger partial charge in [0.2, 0.25) is 11.8 Å². The summed E-state index contributed by atoms with van der Waals surface area (Å²) >= 11 is 0. The van der Waals surface area contributed by atoms with Crippen LogP contribution in [0.1, 0.15) is 32.3 Å². The van der Waals surface area contributed by atoms with E-state index in [-0.39, 0.29) is 81.8 Å². The van der Waals surface area contributed by atoms with Crippen LogP contribution in [0.3, 0.4) is 0 Å². The monoisotopic (exact) mass is 459 g/mol. The van der Waals surface area contributed by atoms with E-state index in [1.54, 1.807) is 32.2 Å². The number of ketones is 2. The van der Waals surface area contributed by atoms with Gasteiger partial charge in [-0.25, -0.2) is 0 Å². The average Bonchev–Trinajstić information content (AvgIpc) is 2.60. The largest absolute Gasteiger partial charge is 1.00 e. The van der Waals surface area contributed by atoms with Crippen LogP contribution >= 0.6 is 0 Å². The second-order valence-electron chi connectivity index (χ2n) is 7.21. The van der Waals surface area contributed by atoms with Crippen LogP contribution in [0, 0.1) is 0 Å². The Hall–Kier alpha value is -0.984. The Bertz CT molecular complexity index is 726. The summed E-state index contributed by atoms with van der Waals surface area (Å²) in [5.41, 5.74) is 8.63. The zero-order valence-corrected chi connectivity index (χ0v) is 22.7. The van der Waals surface area contributed by atoms with E-state index in [9.17, 15) is 19.2 Å². The van der Waals surface area contributed by atoms with Crippen LogP contribution in [0.15, 0.2) is 18.2 Å². The molecule has 2 amide bonds. The zero-order chi connectivity index (χ0) is 23.1. The minimum absolute atomic E-state index is 0. The van der Waals surface area contributed by atoms with E-state index in [1.165, 1.54) is 6.92 Å². The number of benzene rings is 1. The molecule has 1 aromatic carbocycles. The molecule has 10 heteroatoms. The number of likely N-dealkylation sites (N-methyl/N-ethyl adjacent to an activating group) is 1. The van der Waals surface area contributed by atoms with Gasteiger partial charge in [-0.15, -0.1) is 0 Å². The summed E-state index contributed by atoms with van der Waals surface area (Å²) in [6.45, 7) is 3.88. The topological polar surface area (TPSA) is 131 Å². The predicted octanol–water partition coefficient (Wildman–Crippen LogP) is -1.11. The maximum atomic E-state index is 11.6. The summed E-state index contributed by atoms with van der Waals surface area (Å²) in [5, 5.41) is 7.95. The second kappa shape index (κ2) is 18.6. The molecule has 0 aliphatic rings. The molecule has 0 saturated heterocycles. The van der Waals surface area contributed by atoms with Gasteiger partial charge in [-0.1, -0.05) is 6.54 Å². The first-order valence-corrected chi connectivity index (χ1v) is 9.73. The molecular formula is C21H34KN5O4. The molecule has 1 rings (SSSR count). The van der Waals surface area contributed by atoms with Gasteiger partial charge in [0.25, 0.3) is 0 Å². The number of carbonyl (C=O) groups is 4. The Labute approximate surface area is 227 Å². The Kier molecular flexibility index (Phi) is 19.3. The fraction of sp³-hybridized carbons (Fsp3) is 0.524. The van der Waals surface area contributed by atoms with E-state index in [0.717, 1.165) is 19.4 Å². The number of hydrogen-bond acceptors (Lipinski definition) is 6. The van der Waals surface area contributed by atoms with Crippen LogP contribution < -0.4 is 67.3 Å². The molecule has 0 aliphatic carbocycles. The van der Waals surface area contributed by atoms with E-state index in [1.807, 2.05) is 14.1 Å². The number of rotatable bonds is 11. The van der Waals surface area contributed by atoms with Crippen molar-refractivity contribution in [2.24, 2.45) is 0 Å². The molecule has 31 heavy (non-hydrogen) atoms. The fourth-order valence-electron chi connectivity index (χ4n) is 2.44. The summed E-state index contributed by atoms with van der Waals surface area (Å²) in [6, 6.07) is 4.93. The third-order valence-electron chi connectivity index (χ3n) is 3.65. The van der Waals surface area contributed by atoms with Crippen molar-refractivity contribution in [1.29, 1.82) is 0 Å². The second-order valence-corrected chi connectivity index (χ2v) is 7.21. The normalized spacial score (nSPS) is 9.77. The Balaban J connectivity index is 0. The third kappa shape index (κ3) is 18.3. The number of carbonyl (C=O) groups excluding carboxylic acids is 4. The number of Topliss-reactive ketones (excluding diaryl/α,β-unsaturated/α-hetero) is 2. The van der Waals surface area contributed by atoms with E-state index in [0.29, 0.717) is 16.9 Å². The van der Waals surface area contributed by atoms with Crippen LogP contribution in [0.5, 0.6) is 0 Å². The van der Waals surface area contributed by atoms with Crippen molar-refractivity contribution in [2.75, 3.05) is 51.4 Å². The summed E-state index contributed by atoms with van der Waals surface area (Å²) < 4.78 is 0. The molecule has 0 heterocycles. The molecule has 0 spiro atoms. The maximum absolute atomic E-state index is 11.6. The molecule has 0 saturated carbocycles. The number of hydrogen-bond donors (Lipinski definition) is 3. The smallest absolute Gasteiger partial charge is 0.670 e.